The van der Waals surface area contributed by atoms with Gasteiger partial charge in [0.2, 0.25) is 5.91 Å². The quantitative estimate of drug-likeness (QED) is 0.694. The van der Waals surface area contributed by atoms with Gasteiger partial charge in [-0.2, -0.15) is 0 Å². The fraction of sp³-hybridized carbons (Fsp3) is 0.444. The average molecular weight is 181 g/mol. The monoisotopic (exact) mass is 181 g/mol. The highest BCUT2D eigenvalue weighted by Crippen LogP contribution is 2.34. The standard InChI is InChI=1S/C9H11NOS/c1-2-6-8(10-9(6)11)7-4-3-5-12-7/h3-6,8H,2H2,1H3,(H,10,11)/t6-,8-/m0/s1. The predicted molar refractivity (Wildman–Crippen MR) is 49.0 cm³/mol. The number of thiophene rings is 1. The first-order valence-corrected chi connectivity index (χ1v) is 5.04. The highest BCUT2D eigenvalue weighted by atomic mass is 32.1. The highest BCUT2D eigenvalue weighted by molar-refractivity contribution is 7.10. The summed E-state index contributed by atoms with van der Waals surface area (Å²) in [4.78, 5) is 12.3. The summed E-state index contributed by atoms with van der Waals surface area (Å²) in [6.45, 7) is 2.06. The van der Waals surface area contributed by atoms with Crippen LogP contribution in [0, 0.1) is 5.92 Å². The fourth-order valence-corrected chi connectivity index (χ4v) is 2.42. The number of β-lactam (4-membered cyclic amide) rings is 1. The van der Waals surface area contributed by atoms with Crippen LogP contribution >= 0.6 is 11.3 Å². The van der Waals surface area contributed by atoms with Crippen molar-refractivity contribution >= 4 is 17.2 Å². The van der Waals surface area contributed by atoms with Crippen molar-refractivity contribution in [2.75, 3.05) is 0 Å². The Bertz CT molecular complexity index is 281. The normalized spacial score (nSPS) is 27.9. The lowest BCUT2D eigenvalue weighted by molar-refractivity contribution is -0.135. The maximum Gasteiger partial charge on any atom is 0.226 e. The van der Waals surface area contributed by atoms with Crippen LogP contribution in [0.15, 0.2) is 17.5 Å². The van der Waals surface area contributed by atoms with Gasteiger partial charge in [-0.3, -0.25) is 4.79 Å². The Morgan fingerprint density at radius 3 is 3.00 bits per heavy atom. The van der Waals surface area contributed by atoms with Crippen LogP contribution < -0.4 is 5.32 Å². The minimum Gasteiger partial charge on any atom is -0.347 e. The summed E-state index contributed by atoms with van der Waals surface area (Å²) in [6, 6.07) is 4.40. The number of nitrogens with one attached hydrogen (secondary N) is 1. The van der Waals surface area contributed by atoms with Gasteiger partial charge in [0.15, 0.2) is 0 Å². The summed E-state index contributed by atoms with van der Waals surface area (Å²) in [5, 5.41) is 4.97. The summed E-state index contributed by atoms with van der Waals surface area (Å²) in [5.74, 6) is 0.416. The van der Waals surface area contributed by atoms with Crippen LogP contribution in [0.3, 0.4) is 0 Å². The van der Waals surface area contributed by atoms with Crippen LogP contribution in [0.4, 0.5) is 0 Å². The van der Waals surface area contributed by atoms with Crippen LogP contribution in [-0.4, -0.2) is 5.91 Å². The van der Waals surface area contributed by atoms with Gasteiger partial charge in [0, 0.05) is 4.88 Å². The molecule has 1 saturated heterocycles. The predicted octanol–water partition coefficient (Wildman–Crippen LogP) is 1.95. The van der Waals surface area contributed by atoms with Gasteiger partial charge in [-0.25, -0.2) is 0 Å². The van der Waals surface area contributed by atoms with Gasteiger partial charge < -0.3 is 5.32 Å². The van der Waals surface area contributed by atoms with Crippen molar-refractivity contribution in [2.45, 2.75) is 19.4 Å². The Hall–Kier alpha value is -0.830. The van der Waals surface area contributed by atoms with Crippen LogP contribution in [0.2, 0.25) is 0 Å². The first-order valence-electron chi connectivity index (χ1n) is 4.16. The summed E-state index contributed by atoms with van der Waals surface area (Å²) in [7, 11) is 0. The fourth-order valence-electron chi connectivity index (χ4n) is 1.57. The highest BCUT2D eigenvalue weighted by Gasteiger charge is 2.38. The van der Waals surface area contributed by atoms with Gasteiger partial charge in [-0.05, 0) is 17.9 Å². The van der Waals surface area contributed by atoms with E-state index in [1.54, 1.807) is 11.3 Å². The third-order valence-electron chi connectivity index (χ3n) is 2.33. The number of rotatable bonds is 2. The topological polar surface area (TPSA) is 29.1 Å². The molecule has 2 rings (SSSR count). The molecule has 2 heterocycles. The maximum absolute atomic E-state index is 11.1. The molecule has 1 aliphatic heterocycles. The van der Waals surface area contributed by atoms with E-state index in [1.807, 2.05) is 11.4 Å². The third kappa shape index (κ3) is 1.05. The lowest BCUT2D eigenvalue weighted by atomic mass is 9.87. The van der Waals surface area contributed by atoms with Crippen molar-refractivity contribution in [2.24, 2.45) is 5.92 Å². The Kier molecular flexibility index (Phi) is 1.89. The van der Waals surface area contributed by atoms with Gasteiger partial charge >= 0.3 is 0 Å². The second-order valence-electron chi connectivity index (χ2n) is 3.02. The molecule has 0 unspecified atom stereocenters. The second-order valence-corrected chi connectivity index (χ2v) is 4.00. The minimum atomic E-state index is 0.205. The summed E-state index contributed by atoms with van der Waals surface area (Å²) < 4.78 is 0. The molecule has 1 aromatic rings. The zero-order chi connectivity index (χ0) is 8.55. The van der Waals surface area contributed by atoms with E-state index in [9.17, 15) is 4.79 Å². The molecule has 0 aliphatic carbocycles. The number of carbonyl (C=O) groups excluding carboxylic acids is 1. The molecule has 0 saturated carbocycles. The van der Waals surface area contributed by atoms with Crippen molar-refractivity contribution in [3.05, 3.63) is 22.4 Å². The third-order valence-corrected chi connectivity index (χ3v) is 3.28. The number of carbonyl (C=O) groups is 1. The van der Waals surface area contributed by atoms with Gasteiger partial charge in [0.1, 0.15) is 0 Å². The van der Waals surface area contributed by atoms with E-state index < -0.39 is 0 Å². The van der Waals surface area contributed by atoms with Gasteiger partial charge in [-0.15, -0.1) is 11.3 Å². The van der Waals surface area contributed by atoms with E-state index in [-0.39, 0.29) is 11.8 Å². The van der Waals surface area contributed by atoms with Crippen molar-refractivity contribution in [3.63, 3.8) is 0 Å². The van der Waals surface area contributed by atoms with Crippen molar-refractivity contribution < 1.29 is 4.79 Å². The number of hydrogen-bond donors (Lipinski definition) is 1. The van der Waals surface area contributed by atoms with Gasteiger partial charge in [-0.1, -0.05) is 13.0 Å². The molecule has 1 aromatic heterocycles. The Morgan fingerprint density at radius 2 is 2.50 bits per heavy atom. The van der Waals surface area contributed by atoms with Crippen molar-refractivity contribution in [3.8, 4) is 0 Å². The van der Waals surface area contributed by atoms with Crippen molar-refractivity contribution in [1.29, 1.82) is 0 Å². The Balaban J connectivity index is 2.13. The van der Waals surface area contributed by atoms with Crippen LogP contribution in [-0.2, 0) is 4.79 Å². The molecule has 1 fully saturated rings. The lowest BCUT2D eigenvalue weighted by Crippen LogP contribution is -2.50. The van der Waals surface area contributed by atoms with Crippen LogP contribution in [0.25, 0.3) is 0 Å². The SMILES string of the molecule is CC[C@@H]1C(=O)N[C@@H]1c1cccs1. The van der Waals surface area contributed by atoms with E-state index in [4.69, 9.17) is 0 Å². The van der Waals surface area contributed by atoms with Gasteiger partial charge in [0.05, 0.1) is 12.0 Å². The average Bonchev–Trinajstić information content (AvgIpc) is 2.52. The molecule has 0 spiro atoms. The molecule has 1 N–H and O–H groups in total. The van der Waals surface area contributed by atoms with E-state index >= 15 is 0 Å². The van der Waals surface area contributed by atoms with Crippen molar-refractivity contribution in [1.82, 2.24) is 5.32 Å². The molecular weight excluding hydrogens is 170 g/mol. The van der Waals surface area contributed by atoms with E-state index in [2.05, 4.69) is 18.3 Å². The molecule has 1 aliphatic rings. The molecule has 0 radical (unpaired) electrons. The molecule has 2 atom stereocenters. The molecule has 3 heteroatoms. The zero-order valence-electron chi connectivity index (χ0n) is 6.91. The molecular formula is C9H11NOS. The summed E-state index contributed by atoms with van der Waals surface area (Å²) in [5.41, 5.74) is 0. The molecule has 12 heavy (non-hydrogen) atoms. The van der Waals surface area contributed by atoms with E-state index in [1.165, 1.54) is 4.88 Å². The Morgan fingerprint density at radius 1 is 1.67 bits per heavy atom. The minimum absolute atomic E-state index is 0.205. The van der Waals surface area contributed by atoms with Crippen LogP contribution in [0.5, 0.6) is 0 Å². The molecule has 64 valence electrons. The summed E-state index contributed by atoms with van der Waals surface area (Å²) >= 11 is 1.71. The summed E-state index contributed by atoms with van der Waals surface area (Å²) in [6.07, 6.45) is 0.939. The first-order chi connectivity index (χ1) is 5.83. The first kappa shape index (κ1) is 7.80. The lowest BCUT2D eigenvalue weighted by Gasteiger charge is -2.35. The molecule has 1 amide bonds. The van der Waals surface area contributed by atoms with Gasteiger partial charge in [0.25, 0.3) is 0 Å². The van der Waals surface area contributed by atoms with E-state index in [0.717, 1.165) is 6.42 Å². The maximum atomic E-state index is 11.1. The molecule has 0 aromatic carbocycles. The molecule has 2 nitrogen and oxygen atoms in total. The Labute approximate surface area is 75.6 Å². The zero-order valence-corrected chi connectivity index (χ0v) is 7.73. The second kappa shape index (κ2) is 2.90. The largest absolute Gasteiger partial charge is 0.347 e. The number of amides is 1. The molecule has 0 bridgehead atoms. The van der Waals surface area contributed by atoms with E-state index in [0.29, 0.717) is 6.04 Å². The number of hydrogen-bond acceptors (Lipinski definition) is 2. The van der Waals surface area contributed by atoms with Crippen LogP contribution in [0.1, 0.15) is 24.3 Å². The smallest absolute Gasteiger partial charge is 0.226 e.